The predicted octanol–water partition coefficient (Wildman–Crippen LogP) is 1.91. The minimum atomic E-state index is -0.338. The van der Waals surface area contributed by atoms with E-state index in [1.54, 1.807) is 6.92 Å². The molecule has 1 saturated heterocycles. The van der Waals surface area contributed by atoms with Gasteiger partial charge >= 0.3 is 0 Å². The summed E-state index contributed by atoms with van der Waals surface area (Å²) >= 11 is 3.39. The largest absolute Gasteiger partial charge is 0.371 e. The van der Waals surface area contributed by atoms with Crippen molar-refractivity contribution in [2.24, 2.45) is 0 Å². The molecule has 1 aliphatic heterocycles. The zero-order valence-corrected chi connectivity index (χ0v) is 11.4. The summed E-state index contributed by atoms with van der Waals surface area (Å²) in [6.07, 6.45) is 1.53. The minimum absolute atomic E-state index is 0.0634. The summed E-state index contributed by atoms with van der Waals surface area (Å²) < 4.78 is 19.6. The number of ether oxygens (including phenoxy) is 1. The number of aromatic nitrogens is 2. The maximum absolute atomic E-state index is 13.9. The second kappa shape index (κ2) is 5.27. The first kappa shape index (κ1) is 12.7. The number of aryl methyl sites for hydroxylation is 1. The Hall–Kier alpha value is -0.750. The fourth-order valence-corrected chi connectivity index (χ4v) is 2.33. The van der Waals surface area contributed by atoms with Gasteiger partial charge in [0.15, 0.2) is 11.6 Å². The molecule has 6 heteroatoms. The lowest BCUT2D eigenvalue weighted by atomic mass is 10.2. The molecule has 94 valence electrons. The summed E-state index contributed by atoms with van der Waals surface area (Å²) in [7, 11) is 0. The molecule has 0 bridgehead atoms. The van der Waals surface area contributed by atoms with E-state index < -0.39 is 0 Å². The average molecular weight is 304 g/mol. The van der Waals surface area contributed by atoms with E-state index in [4.69, 9.17) is 4.74 Å². The van der Waals surface area contributed by atoms with Gasteiger partial charge in [-0.1, -0.05) is 15.9 Å². The smallest absolute Gasteiger partial charge is 0.186 e. The van der Waals surface area contributed by atoms with Crippen LogP contribution in [0.25, 0.3) is 0 Å². The quantitative estimate of drug-likeness (QED) is 0.782. The lowest BCUT2D eigenvalue weighted by Gasteiger charge is -2.36. The highest BCUT2D eigenvalue weighted by molar-refractivity contribution is 9.09. The van der Waals surface area contributed by atoms with Gasteiger partial charge in [-0.2, -0.15) is 0 Å². The van der Waals surface area contributed by atoms with Crippen molar-refractivity contribution in [1.82, 2.24) is 9.97 Å². The number of hydrogen-bond donors (Lipinski definition) is 0. The van der Waals surface area contributed by atoms with E-state index >= 15 is 0 Å². The molecule has 0 amide bonds. The second-order valence-electron chi connectivity index (χ2n) is 4.22. The molecule has 4 nitrogen and oxygen atoms in total. The fraction of sp³-hybridized carbons (Fsp3) is 0.636. The molecule has 2 heterocycles. The second-order valence-corrected chi connectivity index (χ2v) is 4.87. The van der Waals surface area contributed by atoms with Crippen molar-refractivity contribution < 1.29 is 9.13 Å². The zero-order chi connectivity index (χ0) is 12.4. The first-order valence-electron chi connectivity index (χ1n) is 5.55. The van der Waals surface area contributed by atoms with Crippen LogP contribution in [0.1, 0.15) is 12.6 Å². The Morgan fingerprint density at radius 1 is 1.53 bits per heavy atom. The number of rotatable bonds is 2. The summed E-state index contributed by atoms with van der Waals surface area (Å²) in [5, 5.41) is 0.736. The molecule has 2 atom stereocenters. The van der Waals surface area contributed by atoms with E-state index in [0.29, 0.717) is 24.6 Å². The summed E-state index contributed by atoms with van der Waals surface area (Å²) in [6.45, 7) is 4.92. The molecular formula is C11H15BrFN3O. The van der Waals surface area contributed by atoms with Crippen LogP contribution in [0.3, 0.4) is 0 Å². The van der Waals surface area contributed by atoms with Crippen LogP contribution in [0.15, 0.2) is 6.33 Å². The van der Waals surface area contributed by atoms with Crippen LogP contribution >= 0.6 is 15.9 Å². The molecule has 0 aromatic carbocycles. The van der Waals surface area contributed by atoms with Crippen molar-refractivity contribution in [3.05, 3.63) is 17.8 Å². The van der Waals surface area contributed by atoms with Gasteiger partial charge in [0.05, 0.1) is 17.9 Å². The van der Waals surface area contributed by atoms with E-state index in [1.165, 1.54) is 6.33 Å². The standard InChI is InChI=1S/C11H15BrFN3O/c1-7-4-16(5-9(3-12)17-7)11-10(13)8(2)14-6-15-11/h6-7,9H,3-5H2,1-2H3. The molecule has 0 spiro atoms. The lowest BCUT2D eigenvalue weighted by Crippen LogP contribution is -2.48. The number of hydrogen-bond acceptors (Lipinski definition) is 4. The maximum Gasteiger partial charge on any atom is 0.186 e. The van der Waals surface area contributed by atoms with E-state index in [2.05, 4.69) is 25.9 Å². The Bertz CT molecular complexity index is 404. The van der Waals surface area contributed by atoms with Crippen LogP contribution in [0.5, 0.6) is 0 Å². The van der Waals surface area contributed by atoms with Crippen LogP contribution in [-0.2, 0) is 4.74 Å². The van der Waals surface area contributed by atoms with E-state index in [-0.39, 0.29) is 18.0 Å². The first-order valence-corrected chi connectivity index (χ1v) is 6.67. The molecule has 2 unspecified atom stereocenters. The average Bonchev–Trinajstić information content (AvgIpc) is 2.31. The van der Waals surface area contributed by atoms with E-state index in [1.807, 2.05) is 11.8 Å². The van der Waals surface area contributed by atoms with Crippen LogP contribution in [0.4, 0.5) is 10.2 Å². The molecule has 1 aromatic rings. The van der Waals surface area contributed by atoms with Gasteiger partial charge in [0, 0.05) is 18.4 Å². The van der Waals surface area contributed by atoms with Gasteiger partial charge in [0.25, 0.3) is 0 Å². The molecule has 0 aliphatic carbocycles. The van der Waals surface area contributed by atoms with Crippen LogP contribution in [-0.4, -0.2) is 40.6 Å². The molecule has 1 aliphatic rings. The van der Waals surface area contributed by atoms with E-state index in [0.717, 1.165) is 5.33 Å². The number of nitrogens with zero attached hydrogens (tertiary/aromatic N) is 3. The summed E-state index contributed by atoms with van der Waals surface area (Å²) in [5.74, 6) is 0.0357. The number of halogens is 2. The Morgan fingerprint density at radius 2 is 2.29 bits per heavy atom. The van der Waals surface area contributed by atoms with Gasteiger partial charge in [-0.15, -0.1) is 0 Å². The Morgan fingerprint density at radius 3 is 3.00 bits per heavy atom. The third-order valence-electron chi connectivity index (χ3n) is 2.74. The monoisotopic (exact) mass is 303 g/mol. The number of alkyl halides is 1. The van der Waals surface area contributed by atoms with Gasteiger partial charge in [0.1, 0.15) is 6.33 Å². The first-order chi connectivity index (χ1) is 8.11. The molecular weight excluding hydrogens is 289 g/mol. The Labute approximate surface area is 108 Å². The van der Waals surface area contributed by atoms with Gasteiger partial charge in [-0.3, -0.25) is 0 Å². The summed E-state index contributed by atoms with van der Waals surface area (Å²) in [6, 6.07) is 0. The highest BCUT2D eigenvalue weighted by Crippen LogP contribution is 2.22. The maximum atomic E-state index is 13.9. The van der Waals surface area contributed by atoms with Crippen molar-refractivity contribution in [2.75, 3.05) is 23.3 Å². The van der Waals surface area contributed by atoms with Crippen LogP contribution < -0.4 is 4.90 Å². The van der Waals surface area contributed by atoms with E-state index in [9.17, 15) is 4.39 Å². The topological polar surface area (TPSA) is 38.2 Å². The van der Waals surface area contributed by atoms with Crippen molar-refractivity contribution >= 4 is 21.7 Å². The highest BCUT2D eigenvalue weighted by atomic mass is 79.9. The molecule has 1 aromatic heterocycles. The van der Waals surface area contributed by atoms with Crippen LogP contribution in [0, 0.1) is 12.7 Å². The van der Waals surface area contributed by atoms with Gasteiger partial charge in [-0.25, -0.2) is 14.4 Å². The Kier molecular flexibility index (Phi) is 3.93. The third-order valence-corrected chi connectivity index (χ3v) is 3.47. The summed E-state index contributed by atoms with van der Waals surface area (Å²) in [5.41, 5.74) is 0.379. The molecule has 0 saturated carbocycles. The molecule has 2 rings (SSSR count). The van der Waals surface area contributed by atoms with Crippen molar-refractivity contribution in [1.29, 1.82) is 0 Å². The van der Waals surface area contributed by atoms with Gasteiger partial charge in [0.2, 0.25) is 0 Å². The van der Waals surface area contributed by atoms with Gasteiger partial charge < -0.3 is 9.64 Å². The fourth-order valence-electron chi connectivity index (χ4n) is 1.97. The summed E-state index contributed by atoms with van der Waals surface area (Å²) in [4.78, 5) is 9.79. The molecule has 0 N–H and O–H groups in total. The lowest BCUT2D eigenvalue weighted by molar-refractivity contribution is -0.00244. The Balaban J connectivity index is 2.23. The number of morpholine rings is 1. The predicted molar refractivity (Wildman–Crippen MR) is 67.1 cm³/mol. The SMILES string of the molecule is Cc1ncnc(N2CC(C)OC(CBr)C2)c1F. The zero-order valence-electron chi connectivity index (χ0n) is 9.86. The minimum Gasteiger partial charge on any atom is -0.371 e. The van der Waals surface area contributed by atoms with Gasteiger partial charge in [-0.05, 0) is 13.8 Å². The molecule has 0 radical (unpaired) electrons. The molecule has 17 heavy (non-hydrogen) atoms. The van der Waals surface area contributed by atoms with Crippen molar-refractivity contribution in [3.8, 4) is 0 Å². The van der Waals surface area contributed by atoms with Crippen molar-refractivity contribution in [3.63, 3.8) is 0 Å². The number of anilines is 1. The highest BCUT2D eigenvalue weighted by Gasteiger charge is 2.27. The van der Waals surface area contributed by atoms with Crippen LogP contribution in [0.2, 0.25) is 0 Å². The third kappa shape index (κ3) is 2.74. The van der Waals surface area contributed by atoms with Crippen molar-refractivity contribution in [2.45, 2.75) is 26.1 Å². The molecule has 1 fully saturated rings. The normalized spacial score (nSPS) is 25.1.